The van der Waals surface area contributed by atoms with Crippen LogP contribution >= 0.6 is 0 Å². The Morgan fingerprint density at radius 2 is 1.76 bits per heavy atom. The summed E-state index contributed by atoms with van der Waals surface area (Å²) in [6, 6.07) is 9.20. The van der Waals surface area contributed by atoms with Gasteiger partial charge in [-0.05, 0) is 24.3 Å². The summed E-state index contributed by atoms with van der Waals surface area (Å²) in [6.45, 7) is 8.30. The van der Waals surface area contributed by atoms with Crippen molar-refractivity contribution in [2.45, 2.75) is 46.2 Å². The molecule has 114 valence electrons. The predicted octanol–water partition coefficient (Wildman–Crippen LogP) is 1.99. The summed E-state index contributed by atoms with van der Waals surface area (Å²) in [5.41, 5.74) is 0.896. The second-order valence-electron chi connectivity index (χ2n) is 6.77. The van der Waals surface area contributed by atoms with Crippen molar-refractivity contribution in [1.29, 1.82) is 0 Å². The number of carbonyl (C=O) groups excluding carboxylic acids is 2. The van der Waals surface area contributed by atoms with E-state index < -0.39 is 12.1 Å². The minimum Gasteiger partial charge on any atom is -0.343 e. The third-order valence-corrected chi connectivity index (χ3v) is 3.88. The first-order chi connectivity index (χ1) is 9.80. The standard InChI is InChI=1S/C17H24N2O2/c1-12-16(21)19(11-10-13-8-6-5-7-9-13)14(15(20)18-12)17(2,3)4/h5-9,12,14H,10-11H2,1-4H3,(H,18,20). The van der Waals surface area contributed by atoms with Crippen LogP contribution in [0.4, 0.5) is 0 Å². The van der Waals surface area contributed by atoms with Crippen LogP contribution in [0.25, 0.3) is 0 Å². The number of nitrogens with one attached hydrogen (secondary N) is 1. The van der Waals surface area contributed by atoms with Crippen LogP contribution in [0.15, 0.2) is 30.3 Å². The van der Waals surface area contributed by atoms with Gasteiger partial charge in [-0.2, -0.15) is 0 Å². The van der Waals surface area contributed by atoms with Crippen LogP contribution in [0, 0.1) is 5.41 Å². The SMILES string of the molecule is CC1NC(=O)C(C(C)(C)C)N(CCc2ccccc2)C1=O. The molecule has 2 unspecified atom stereocenters. The van der Waals surface area contributed by atoms with E-state index in [9.17, 15) is 9.59 Å². The first-order valence-corrected chi connectivity index (χ1v) is 7.45. The summed E-state index contributed by atoms with van der Waals surface area (Å²) in [7, 11) is 0. The second kappa shape index (κ2) is 5.88. The van der Waals surface area contributed by atoms with Crippen molar-refractivity contribution in [3.05, 3.63) is 35.9 Å². The highest BCUT2D eigenvalue weighted by Crippen LogP contribution is 2.28. The van der Waals surface area contributed by atoms with E-state index in [0.717, 1.165) is 6.42 Å². The number of benzene rings is 1. The molecule has 0 bridgehead atoms. The maximum absolute atomic E-state index is 12.5. The second-order valence-corrected chi connectivity index (χ2v) is 6.77. The lowest BCUT2D eigenvalue weighted by molar-refractivity contribution is -0.153. The van der Waals surface area contributed by atoms with Crippen molar-refractivity contribution in [1.82, 2.24) is 10.2 Å². The van der Waals surface area contributed by atoms with E-state index in [1.807, 2.05) is 51.1 Å². The summed E-state index contributed by atoms with van der Waals surface area (Å²) in [6.07, 6.45) is 0.763. The molecule has 2 atom stereocenters. The Hall–Kier alpha value is -1.84. The van der Waals surface area contributed by atoms with Gasteiger partial charge in [0.25, 0.3) is 0 Å². The Kier molecular flexibility index (Phi) is 4.35. The molecule has 1 aromatic rings. The van der Waals surface area contributed by atoms with Crippen LogP contribution in [0.3, 0.4) is 0 Å². The molecule has 1 fully saturated rings. The molecule has 4 heteroatoms. The molecule has 1 aliphatic rings. The van der Waals surface area contributed by atoms with Crippen LogP contribution in [-0.4, -0.2) is 35.3 Å². The third kappa shape index (κ3) is 3.43. The monoisotopic (exact) mass is 288 g/mol. The number of rotatable bonds is 3. The van der Waals surface area contributed by atoms with Crippen molar-refractivity contribution in [3.8, 4) is 0 Å². The molecule has 1 aromatic carbocycles. The molecule has 1 aliphatic heterocycles. The summed E-state index contributed by atoms with van der Waals surface area (Å²) in [4.78, 5) is 26.5. The molecule has 0 aromatic heterocycles. The Morgan fingerprint density at radius 1 is 1.14 bits per heavy atom. The smallest absolute Gasteiger partial charge is 0.245 e. The molecule has 0 aliphatic carbocycles. The van der Waals surface area contributed by atoms with E-state index in [-0.39, 0.29) is 17.2 Å². The zero-order valence-corrected chi connectivity index (χ0v) is 13.2. The molecule has 2 rings (SSSR count). The Bertz CT molecular complexity index is 519. The number of piperazine rings is 1. The average molecular weight is 288 g/mol. The lowest BCUT2D eigenvalue weighted by Gasteiger charge is -2.44. The first kappa shape index (κ1) is 15.5. The lowest BCUT2D eigenvalue weighted by atomic mass is 9.83. The van der Waals surface area contributed by atoms with E-state index >= 15 is 0 Å². The van der Waals surface area contributed by atoms with E-state index in [4.69, 9.17) is 0 Å². The molecule has 0 saturated carbocycles. The van der Waals surface area contributed by atoms with Crippen molar-refractivity contribution in [3.63, 3.8) is 0 Å². The molecule has 4 nitrogen and oxygen atoms in total. The van der Waals surface area contributed by atoms with Crippen LogP contribution in [0.2, 0.25) is 0 Å². The van der Waals surface area contributed by atoms with E-state index in [2.05, 4.69) is 5.32 Å². The van der Waals surface area contributed by atoms with Gasteiger partial charge in [0, 0.05) is 6.54 Å². The van der Waals surface area contributed by atoms with Gasteiger partial charge in [-0.25, -0.2) is 0 Å². The van der Waals surface area contributed by atoms with Crippen molar-refractivity contribution >= 4 is 11.8 Å². The fourth-order valence-electron chi connectivity index (χ4n) is 2.87. The van der Waals surface area contributed by atoms with Gasteiger partial charge in [0.2, 0.25) is 11.8 Å². The molecular weight excluding hydrogens is 264 g/mol. The Morgan fingerprint density at radius 3 is 2.33 bits per heavy atom. The number of nitrogens with zero attached hydrogens (tertiary/aromatic N) is 1. The van der Waals surface area contributed by atoms with Gasteiger partial charge in [0.15, 0.2) is 0 Å². The van der Waals surface area contributed by atoms with Gasteiger partial charge in [-0.3, -0.25) is 9.59 Å². The van der Waals surface area contributed by atoms with Crippen molar-refractivity contribution < 1.29 is 9.59 Å². The quantitative estimate of drug-likeness (QED) is 0.924. The van der Waals surface area contributed by atoms with Gasteiger partial charge in [-0.1, -0.05) is 51.1 Å². The Labute approximate surface area is 126 Å². The highest BCUT2D eigenvalue weighted by molar-refractivity contribution is 5.97. The fraction of sp³-hybridized carbons (Fsp3) is 0.529. The van der Waals surface area contributed by atoms with Crippen LogP contribution in [0.5, 0.6) is 0 Å². The number of hydrogen-bond acceptors (Lipinski definition) is 2. The van der Waals surface area contributed by atoms with Gasteiger partial charge >= 0.3 is 0 Å². The number of hydrogen-bond donors (Lipinski definition) is 1. The van der Waals surface area contributed by atoms with Gasteiger partial charge < -0.3 is 10.2 Å². The number of carbonyl (C=O) groups is 2. The van der Waals surface area contributed by atoms with Crippen molar-refractivity contribution in [2.75, 3.05) is 6.54 Å². The molecule has 0 radical (unpaired) electrons. The van der Waals surface area contributed by atoms with E-state index in [1.165, 1.54) is 5.56 Å². The zero-order chi connectivity index (χ0) is 15.6. The molecule has 1 saturated heterocycles. The normalized spacial score (nSPS) is 23.1. The highest BCUT2D eigenvalue weighted by atomic mass is 16.2. The lowest BCUT2D eigenvalue weighted by Crippen LogP contribution is -2.66. The highest BCUT2D eigenvalue weighted by Gasteiger charge is 2.44. The van der Waals surface area contributed by atoms with Gasteiger partial charge in [0.05, 0.1) is 0 Å². The summed E-state index contributed by atoms with van der Waals surface area (Å²) in [5, 5.41) is 2.78. The minimum absolute atomic E-state index is 0.00505. The topological polar surface area (TPSA) is 49.4 Å². The zero-order valence-electron chi connectivity index (χ0n) is 13.2. The molecule has 21 heavy (non-hydrogen) atoms. The fourth-order valence-corrected chi connectivity index (χ4v) is 2.87. The predicted molar refractivity (Wildman–Crippen MR) is 82.7 cm³/mol. The minimum atomic E-state index is -0.438. The summed E-state index contributed by atoms with van der Waals surface area (Å²) < 4.78 is 0. The molecule has 0 spiro atoms. The molecular formula is C17H24N2O2. The summed E-state index contributed by atoms with van der Waals surface area (Å²) in [5.74, 6) is -0.0480. The molecule has 1 N–H and O–H groups in total. The molecule has 2 amide bonds. The Balaban J connectivity index is 2.18. The number of amides is 2. The van der Waals surface area contributed by atoms with Crippen molar-refractivity contribution in [2.24, 2.45) is 5.41 Å². The average Bonchev–Trinajstić information content (AvgIpc) is 2.40. The van der Waals surface area contributed by atoms with Gasteiger partial charge in [0.1, 0.15) is 12.1 Å². The maximum Gasteiger partial charge on any atom is 0.245 e. The summed E-state index contributed by atoms with van der Waals surface area (Å²) >= 11 is 0. The molecule has 1 heterocycles. The van der Waals surface area contributed by atoms with E-state index in [1.54, 1.807) is 11.8 Å². The third-order valence-electron chi connectivity index (χ3n) is 3.88. The van der Waals surface area contributed by atoms with Crippen LogP contribution < -0.4 is 5.32 Å². The largest absolute Gasteiger partial charge is 0.343 e. The maximum atomic E-state index is 12.5. The van der Waals surface area contributed by atoms with Crippen LogP contribution in [-0.2, 0) is 16.0 Å². The van der Waals surface area contributed by atoms with E-state index in [0.29, 0.717) is 6.54 Å². The first-order valence-electron chi connectivity index (χ1n) is 7.45. The van der Waals surface area contributed by atoms with Gasteiger partial charge in [-0.15, -0.1) is 0 Å². The van der Waals surface area contributed by atoms with Crippen LogP contribution in [0.1, 0.15) is 33.3 Å².